The third-order valence-electron chi connectivity index (χ3n) is 3.05. The molecule has 7 heteroatoms. The summed E-state index contributed by atoms with van der Waals surface area (Å²) < 4.78 is 18.2. The Bertz CT molecular complexity index is 572. The average molecular weight is 313 g/mol. The fourth-order valence-electron chi connectivity index (χ4n) is 2.05. The van der Waals surface area contributed by atoms with E-state index in [1.165, 1.54) is 25.3 Å². The lowest BCUT2D eigenvalue weighted by atomic mass is 10.1. The van der Waals surface area contributed by atoms with Gasteiger partial charge in [0.25, 0.3) is 0 Å². The van der Waals surface area contributed by atoms with Gasteiger partial charge in [0.15, 0.2) is 0 Å². The van der Waals surface area contributed by atoms with E-state index in [9.17, 15) is 13.8 Å². The van der Waals surface area contributed by atoms with Crippen LogP contribution in [0.5, 0.6) is 0 Å². The molecule has 0 saturated carbocycles. The highest BCUT2D eigenvalue weighted by Gasteiger charge is 2.21. The molecule has 0 radical (unpaired) electrons. The number of hydrogen-bond acceptors (Lipinski definition) is 4. The smallest absolute Gasteiger partial charge is 0.337 e. The molecule has 0 aromatic heterocycles. The molecule has 1 unspecified atom stereocenters. The van der Waals surface area contributed by atoms with Crippen LogP contribution in [-0.2, 0) is 15.7 Å². The molecule has 1 aliphatic heterocycles. The van der Waals surface area contributed by atoms with E-state index < -0.39 is 22.9 Å². The first-order valence-corrected chi connectivity index (χ1v) is 7.43. The zero-order valence-corrected chi connectivity index (χ0v) is 11.8. The van der Waals surface area contributed by atoms with Crippen LogP contribution in [0.4, 0.5) is 5.69 Å². The first-order valence-electron chi connectivity index (χ1n) is 6.15. The van der Waals surface area contributed by atoms with Crippen LogP contribution in [0.2, 0.25) is 0 Å². The summed E-state index contributed by atoms with van der Waals surface area (Å²) in [5, 5.41) is 9.11. The second kappa shape index (κ2) is 7.21. The molecule has 1 atom stereocenters. The summed E-state index contributed by atoms with van der Waals surface area (Å²) >= 11 is 0. The predicted molar refractivity (Wildman–Crippen MR) is 81.1 cm³/mol. The number of carboxylic acids is 1. The molecule has 1 aromatic carbocycles. The Morgan fingerprint density at radius 1 is 1.24 bits per heavy atom. The fourth-order valence-corrected chi connectivity index (χ4v) is 3.40. The highest BCUT2D eigenvalue weighted by atomic mass is 32.2. The normalized spacial score (nSPS) is 17.8. The summed E-state index contributed by atoms with van der Waals surface area (Å²) in [4.78, 5) is 22.7. The van der Waals surface area contributed by atoms with Gasteiger partial charge < -0.3 is 9.84 Å². The summed E-state index contributed by atoms with van der Waals surface area (Å²) in [5.74, 6) is -1.21. The van der Waals surface area contributed by atoms with Crippen LogP contribution in [0.1, 0.15) is 41.0 Å². The molecule has 1 aliphatic rings. The van der Waals surface area contributed by atoms with E-state index in [-0.39, 0.29) is 18.6 Å². The first kappa shape index (κ1) is 17.2. The van der Waals surface area contributed by atoms with Gasteiger partial charge in [-0.15, -0.1) is 0 Å². The molecule has 1 fully saturated rings. The van der Waals surface area contributed by atoms with Crippen molar-refractivity contribution in [3.8, 4) is 0 Å². The van der Waals surface area contributed by atoms with Crippen molar-refractivity contribution in [2.24, 2.45) is 0 Å². The van der Waals surface area contributed by atoms with E-state index in [0.29, 0.717) is 18.0 Å². The number of ether oxygens (including phenoxy) is 1. The number of methoxy groups -OCH3 is 1. The zero-order valence-electron chi connectivity index (χ0n) is 11.0. The van der Waals surface area contributed by atoms with Crippen LogP contribution in [-0.4, -0.2) is 40.7 Å². The van der Waals surface area contributed by atoms with Gasteiger partial charge in [0.1, 0.15) is 11.0 Å². The third-order valence-corrected chi connectivity index (χ3v) is 4.57. The largest absolute Gasteiger partial charge is 0.478 e. The van der Waals surface area contributed by atoms with E-state index in [0.717, 1.165) is 12.8 Å². The Labute approximate surface area is 126 Å². The van der Waals surface area contributed by atoms with Gasteiger partial charge in [-0.1, -0.05) is 7.43 Å². The number of carbonyl (C=O) groups excluding carboxylic acids is 1. The second-order valence-electron chi connectivity index (χ2n) is 4.40. The Morgan fingerprint density at radius 2 is 1.90 bits per heavy atom. The van der Waals surface area contributed by atoms with Crippen molar-refractivity contribution in [1.29, 1.82) is 0 Å². The van der Waals surface area contributed by atoms with Crippen molar-refractivity contribution in [2.45, 2.75) is 20.3 Å². The quantitative estimate of drug-likeness (QED) is 0.864. The molecule has 1 saturated heterocycles. The van der Waals surface area contributed by atoms with Gasteiger partial charge >= 0.3 is 11.9 Å². The standard InChI is InChI=1S/C13H15NO5S.CH4/c1-19-13(17)10-6-9(12(15)16)7-11(8-10)14-4-2-3-5-20(14)18;/h6-8H,2-5H2,1H3,(H,15,16);1H4. The molecule has 1 aromatic rings. The number of carbonyl (C=O) groups is 2. The predicted octanol–water partition coefficient (Wildman–Crippen LogP) is 2.07. The summed E-state index contributed by atoms with van der Waals surface area (Å²) in [7, 11) is 0.0450. The maximum atomic E-state index is 12.0. The zero-order chi connectivity index (χ0) is 14.7. The number of aromatic carboxylic acids is 1. The van der Waals surface area contributed by atoms with Crippen LogP contribution < -0.4 is 4.31 Å². The van der Waals surface area contributed by atoms with Crippen LogP contribution in [0, 0.1) is 0 Å². The molecule has 21 heavy (non-hydrogen) atoms. The Kier molecular flexibility index (Phi) is 5.90. The lowest BCUT2D eigenvalue weighted by Crippen LogP contribution is -2.33. The molecule has 116 valence electrons. The summed E-state index contributed by atoms with van der Waals surface area (Å²) in [5.41, 5.74) is 0.596. The Hall–Kier alpha value is -1.89. The number of benzene rings is 1. The van der Waals surface area contributed by atoms with Gasteiger partial charge in [0.05, 0.1) is 23.9 Å². The highest BCUT2D eigenvalue weighted by molar-refractivity contribution is 7.86. The van der Waals surface area contributed by atoms with Gasteiger partial charge in [-0.3, -0.25) is 4.31 Å². The van der Waals surface area contributed by atoms with E-state index in [1.807, 2.05) is 0 Å². The maximum Gasteiger partial charge on any atom is 0.337 e. The number of rotatable bonds is 3. The number of hydrogen-bond donors (Lipinski definition) is 1. The lowest BCUT2D eigenvalue weighted by Gasteiger charge is -2.27. The topological polar surface area (TPSA) is 83.9 Å². The van der Waals surface area contributed by atoms with Gasteiger partial charge in [-0.2, -0.15) is 0 Å². The minimum Gasteiger partial charge on any atom is -0.478 e. The summed E-state index contributed by atoms with van der Waals surface area (Å²) in [6.07, 6.45) is 1.77. The second-order valence-corrected chi connectivity index (χ2v) is 5.89. The van der Waals surface area contributed by atoms with Crippen molar-refractivity contribution >= 4 is 28.6 Å². The van der Waals surface area contributed by atoms with E-state index >= 15 is 0 Å². The minimum atomic E-state index is -1.19. The maximum absolute atomic E-state index is 12.0. The molecule has 0 bridgehead atoms. The van der Waals surface area contributed by atoms with Gasteiger partial charge in [-0.05, 0) is 31.0 Å². The Balaban J connectivity index is 0.00000220. The molecular formula is C14H19NO5S. The number of carboxylic acid groups (broad SMARTS) is 1. The van der Waals surface area contributed by atoms with E-state index in [4.69, 9.17) is 5.11 Å². The highest BCUT2D eigenvalue weighted by Crippen LogP contribution is 2.24. The van der Waals surface area contributed by atoms with Crippen molar-refractivity contribution in [3.05, 3.63) is 29.3 Å². The van der Waals surface area contributed by atoms with Crippen LogP contribution >= 0.6 is 0 Å². The third kappa shape index (κ3) is 3.81. The van der Waals surface area contributed by atoms with Crippen molar-refractivity contribution < 1.29 is 23.6 Å². The van der Waals surface area contributed by atoms with Crippen LogP contribution in [0.25, 0.3) is 0 Å². The molecule has 0 spiro atoms. The van der Waals surface area contributed by atoms with Crippen LogP contribution in [0.3, 0.4) is 0 Å². The molecule has 6 nitrogen and oxygen atoms in total. The van der Waals surface area contributed by atoms with Crippen LogP contribution in [0.15, 0.2) is 18.2 Å². The van der Waals surface area contributed by atoms with Gasteiger partial charge in [0.2, 0.25) is 0 Å². The number of anilines is 1. The molecule has 0 aliphatic carbocycles. The summed E-state index contributed by atoms with van der Waals surface area (Å²) in [6, 6.07) is 4.20. The van der Waals surface area contributed by atoms with Gasteiger partial charge in [-0.25, -0.2) is 13.8 Å². The van der Waals surface area contributed by atoms with Crippen molar-refractivity contribution in [1.82, 2.24) is 0 Å². The summed E-state index contributed by atoms with van der Waals surface area (Å²) in [6.45, 7) is 0.580. The average Bonchev–Trinajstić information content (AvgIpc) is 2.46. The van der Waals surface area contributed by atoms with Gasteiger partial charge in [0, 0.05) is 12.3 Å². The SMILES string of the molecule is C.COC(=O)c1cc(C(=O)O)cc(N2CCCCS2=O)c1. The minimum absolute atomic E-state index is 0. The number of nitrogens with zero attached hydrogens (tertiary/aromatic N) is 1. The molecule has 0 amide bonds. The fraction of sp³-hybridized carbons (Fsp3) is 0.429. The van der Waals surface area contributed by atoms with Crippen molar-refractivity contribution in [3.63, 3.8) is 0 Å². The first-order chi connectivity index (χ1) is 9.52. The van der Waals surface area contributed by atoms with Crippen molar-refractivity contribution in [2.75, 3.05) is 23.7 Å². The molecule has 1 N–H and O–H groups in total. The number of esters is 1. The van der Waals surface area contributed by atoms with E-state index in [1.54, 1.807) is 4.31 Å². The van der Waals surface area contributed by atoms with E-state index in [2.05, 4.69) is 4.74 Å². The molecule has 2 rings (SSSR count). The Morgan fingerprint density at radius 3 is 2.48 bits per heavy atom. The molecular weight excluding hydrogens is 294 g/mol. The lowest BCUT2D eigenvalue weighted by molar-refractivity contribution is 0.0600. The molecule has 1 heterocycles. The monoisotopic (exact) mass is 313 g/mol.